The van der Waals surface area contributed by atoms with E-state index in [-0.39, 0.29) is 0 Å². The Hall–Kier alpha value is -1.36. The highest BCUT2D eigenvalue weighted by Gasteiger charge is 2.01. The first kappa shape index (κ1) is 15.0. The van der Waals surface area contributed by atoms with Crippen molar-refractivity contribution in [3.8, 4) is 5.75 Å². The first-order valence-electron chi connectivity index (χ1n) is 6.80. The van der Waals surface area contributed by atoms with Gasteiger partial charge in [0.2, 0.25) is 0 Å². The van der Waals surface area contributed by atoms with Gasteiger partial charge in [-0.05, 0) is 36.4 Å². The average Bonchev–Trinajstić information content (AvgIpc) is 2.94. The molecule has 0 aliphatic carbocycles. The van der Waals surface area contributed by atoms with Crippen LogP contribution >= 0.6 is 11.3 Å². The number of thiophene rings is 1. The fraction of sp³-hybridized carbons (Fsp3) is 0.375. The molecule has 0 aliphatic heterocycles. The van der Waals surface area contributed by atoms with Crippen LogP contribution in [0.2, 0.25) is 0 Å². The van der Waals surface area contributed by atoms with Crippen molar-refractivity contribution < 1.29 is 9.47 Å². The summed E-state index contributed by atoms with van der Waals surface area (Å²) < 4.78 is 10.9. The third-order valence-electron chi connectivity index (χ3n) is 2.94. The van der Waals surface area contributed by atoms with Gasteiger partial charge in [-0.25, -0.2) is 0 Å². The molecule has 0 aliphatic rings. The third kappa shape index (κ3) is 4.63. The zero-order valence-electron chi connectivity index (χ0n) is 12.0. The second-order valence-corrected chi connectivity index (χ2v) is 5.74. The first-order valence-corrected chi connectivity index (χ1v) is 7.62. The smallest absolute Gasteiger partial charge is 0.118 e. The van der Waals surface area contributed by atoms with Crippen molar-refractivity contribution in [3.63, 3.8) is 0 Å². The molecule has 108 valence electrons. The van der Waals surface area contributed by atoms with Crippen LogP contribution in [-0.2, 0) is 24.5 Å². The summed E-state index contributed by atoms with van der Waals surface area (Å²) in [6.45, 7) is 5.36. The molecule has 0 bridgehead atoms. The van der Waals surface area contributed by atoms with Crippen LogP contribution in [0, 0.1) is 0 Å². The van der Waals surface area contributed by atoms with Gasteiger partial charge in [0.25, 0.3) is 0 Å². The summed E-state index contributed by atoms with van der Waals surface area (Å²) in [6.07, 6.45) is 0. The van der Waals surface area contributed by atoms with Crippen molar-refractivity contribution in [2.45, 2.75) is 26.7 Å². The number of benzene rings is 1. The molecule has 0 saturated heterocycles. The largest absolute Gasteiger partial charge is 0.497 e. The van der Waals surface area contributed by atoms with Crippen molar-refractivity contribution >= 4 is 11.3 Å². The minimum absolute atomic E-state index is 0.629. The molecule has 2 rings (SSSR count). The fourth-order valence-corrected chi connectivity index (χ4v) is 2.76. The lowest BCUT2D eigenvalue weighted by atomic mass is 10.2. The third-order valence-corrected chi connectivity index (χ3v) is 4.00. The van der Waals surface area contributed by atoms with E-state index in [0.717, 1.165) is 24.4 Å². The van der Waals surface area contributed by atoms with E-state index in [1.165, 1.54) is 9.75 Å². The molecule has 0 spiro atoms. The molecule has 20 heavy (non-hydrogen) atoms. The number of nitrogens with one attached hydrogen (secondary N) is 1. The Morgan fingerprint density at radius 2 is 1.75 bits per heavy atom. The number of ether oxygens (including phenoxy) is 2. The van der Waals surface area contributed by atoms with E-state index in [2.05, 4.69) is 24.4 Å². The molecule has 0 saturated carbocycles. The van der Waals surface area contributed by atoms with Crippen molar-refractivity contribution in [3.05, 3.63) is 51.7 Å². The lowest BCUT2D eigenvalue weighted by Crippen LogP contribution is -2.10. The lowest BCUT2D eigenvalue weighted by Gasteiger charge is -2.04. The lowest BCUT2D eigenvalue weighted by molar-refractivity contribution is 0.109. The molecule has 1 N–H and O–H groups in total. The molecule has 2 aromatic rings. The normalized spacial score (nSPS) is 10.7. The molecule has 4 heteroatoms. The van der Waals surface area contributed by atoms with E-state index >= 15 is 0 Å². The van der Waals surface area contributed by atoms with Crippen LogP contribution in [0.1, 0.15) is 22.2 Å². The number of hydrogen-bond donors (Lipinski definition) is 1. The van der Waals surface area contributed by atoms with E-state index in [1.54, 1.807) is 18.4 Å². The summed E-state index contributed by atoms with van der Waals surface area (Å²) in [4.78, 5) is 2.63. The van der Waals surface area contributed by atoms with Crippen LogP contribution < -0.4 is 10.1 Å². The van der Waals surface area contributed by atoms with Gasteiger partial charge in [0.15, 0.2) is 0 Å². The van der Waals surface area contributed by atoms with Crippen LogP contribution in [0.3, 0.4) is 0 Å². The molecular weight excluding hydrogens is 270 g/mol. The topological polar surface area (TPSA) is 30.5 Å². The van der Waals surface area contributed by atoms with Gasteiger partial charge in [0, 0.05) is 16.3 Å². The van der Waals surface area contributed by atoms with E-state index in [9.17, 15) is 0 Å². The molecule has 3 nitrogen and oxygen atoms in total. The van der Waals surface area contributed by atoms with Crippen LogP contribution in [0.25, 0.3) is 0 Å². The second kappa shape index (κ2) is 8.04. The summed E-state index contributed by atoms with van der Waals surface area (Å²) >= 11 is 1.81. The van der Waals surface area contributed by atoms with Crippen LogP contribution in [-0.4, -0.2) is 13.7 Å². The standard InChI is InChI=1S/C16H21NO2S/c1-3-17-10-15-8-9-16(20-15)12-19-11-13-4-6-14(18-2)7-5-13/h4-9,17H,3,10-12H2,1-2H3. The summed E-state index contributed by atoms with van der Waals surface area (Å²) in [6, 6.07) is 12.3. The molecule has 0 unspecified atom stereocenters. The monoisotopic (exact) mass is 291 g/mol. The first-order chi connectivity index (χ1) is 9.81. The van der Waals surface area contributed by atoms with Gasteiger partial charge in [0.1, 0.15) is 5.75 Å². The Morgan fingerprint density at radius 1 is 1.00 bits per heavy atom. The Balaban J connectivity index is 1.75. The molecule has 1 heterocycles. The minimum Gasteiger partial charge on any atom is -0.497 e. The molecule has 1 aromatic carbocycles. The summed E-state index contributed by atoms with van der Waals surface area (Å²) in [5, 5.41) is 3.33. The highest BCUT2D eigenvalue weighted by molar-refractivity contribution is 7.11. The van der Waals surface area contributed by atoms with Crippen molar-refractivity contribution in [2.75, 3.05) is 13.7 Å². The summed E-state index contributed by atoms with van der Waals surface area (Å²) in [5.41, 5.74) is 1.16. The van der Waals surface area contributed by atoms with E-state index in [0.29, 0.717) is 13.2 Å². The maximum Gasteiger partial charge on any atom is 0.118 e. The summed E-state index contributed by atoms with van der Waals surface area (Å²) in [7, 11) is 1.67. The van der Waals surface area contributed by atoms with Gasteiger partial charge in [-0.1, -0.05) is 19.1 Å². The Morgan fingerprint density at radius 3 is 2.45 bits per heavy atom. The molecular formula is C16H21NO2S. The maximum atomic E-state index is 5.75. The highest BCUT2D eigenvalue weighted by Crippen LogP contribution is 2.18. The van der Waals surface area contributed by atoms with E-state index in [4.69, 9.17) is 9.47 Å². The zero-order valence-corrected chi connectivity index (χ0v) is 12.8. The van der Waals surface area contributed by atoms with Crippen molar-refractivity contribution in [1.29, 1.82) is 0 Å². The Kier molecular flexibility index (Phi) is 6.05. The molecule has 0 atom stereocenters. The zero-order chi connectivity index (χ0) is 14.2. The Bertz CT molecular complexity index is 507. The summed E-state index contributed by atoms with van der Waals surface area (Å²) in [5.74, 6) is 0.875. The number of rotatable bonds is 8. The maximum absolute atomic E-state index is 5.75. The molecule has 0 amide bonds. The predicted molar refractivity (Wildman–Crippen MR) is 83.2 cm³/mol. The highest BCUT2D eigenvalue weighted by atomic mass is 32.1. The van der Waals surface area contributed by atoms with E-state index < -0.39 is 0 Å². The number of methoxy groups -OCH3 is 1. The number of hydrogen-bond acceptors (Lipinski definition) is 4. The second-order valence-electron chi connectivity index (χ2n) is 4.49. The molecule has 0 radical (unpaired) electrons. The SMILES string of the molecule is CCNCc1ccc(COCc2ccc(OC)cc2)s1. The molecule has 0 fully saturated rings. The Labute approximate surface area is 124 Å². The fourth-order valence-electron chi connectivity index (χ4n) is 1.83. The quantitative estimate of drug-likeness (QED) is 0.806. The minimum atomic E-state index is 0.629. The molecule has 1 aromatic heterocycles. The van der Waals surface area contributed by atoms with Gasteiger partial charge in [-0.3, -0.25) is 0 Å². The van der Waals surface area contributed by atoms with Gasteiger partial charge < -0.3 is 14.8 Å². The van der Waals surface area contributed by atoms with Crippen molar-refractivity contribution in [2.24, 2.45) is 0 Å². The van der Waals surface area contributed by atoms with Crippen LogP contribution in [0.15, 0.2) is 36.4 Å². The van der Waals surface area contributed by atoms with Crippen LogP contribution in [0.4, 0.5) is 0 Å². The van der Waals surface area contributed by atoms with Gasteiger partial charge in [0.05, 0.1) is 20.3 Å². The van der Waals surface area contributed by atoms with E-state index in [1.807, 2.05) is 24.3 Å². The average molecular weight is 291 g/mol. The predicted octanol–water partition coefficient (Wildman–Crippen LogP) is 3.58. The van der Waals surface area contributed by atoms with Gasteiger partial charge >= 0.3 is 0 Å². The van der Waals surface area contributed by atoms with Gasteiger partial charge in [-0.2, -0.15) is 0 Å². The van der Waals surface area contributed by atoms with Crippen LogP contribution in [0.5, 0.6) is 5.75 Å². The van der Waals surface area contributed by atoms with Gasteiger partial charge in [-0.15, -0.1) is 11.3 Å². The van der Waals surface area contributed by atoms with Crippen molar-refractivity contribution in [1.82, 2.24) is 5.32 Å².